The van der Waals surface area contributed by atoms with Crippen molar-refractivity contribution in [3.05, 3.63) is 0 Å². The van der Waals surface area contributed by atoms with Crippen molar-refractivity contribution in [3.8, 4) is 0 Å². The van der Waals surface area contributed by atoms with E-state index in [2.05, 4.69) is 11.8 Å². The first-order valence-electron chi connectivity index (χ1n) is 4.54. The maximum atomic E-state index is 2.17. The fraction of sp³-hybridized carbons (Fsp3) is 1.00. The van der Waals surface area contributed by atoms with Gasteiger partial charge in [0.05, 0.1) is 0 Å². The third-order valence-corrected chi connectivity index (χ3v) is 4.13. The quantitative estimate of drug-likeness (QED) is 0.519. The van der Waals surface area contributed by atoms with Gasteiger partial charge in [-0.15, -0.1) is 0 Å². The lowest BCUT2D eigenvalue weighted by molar-refractivity contribution is 0.378. The summed E-state index contributed by atoms with van der Waals surface area (Å²) in [6.45, 7) is 0. The molecule has 1 aliphatic heterocycles. The first-order valence-corrected chi connectivity index (χ1v) is 5.70. The molecule has 0 aromatic carbocycles. The van der Waals surface area contributed by atoms with E-state index < -0.39 is 0 Å². The second kappa shape index (κ2) is 3.17. The van der Waals surface area contributed by atoms with E-state index in [0.29, 0.717) is 0 Å². The third kappa shape index (κ3) is 1.34. The number of fused-ring (bicyclic) bond motifs is 1. The highest BCUT2D eigenvalue weighted by molar-refractivity contribution is 7.99. The van der Waals surface area contributed by atoms with Gasteiger partial charge in [-0.3, -0.25) is 0 Å². The van der Waals surface area contributed by atoms with E-state index in [9.17, 15) is 0 Å². The second-order valence-corrected chi connectivity index (χ2v) is 4.87. The average molecular weight is 156 g/mol. The van der Waals surface area contributed by atoms with Gasteiger partial charge in [0.15, 0.2) is 0 Å². The predicted molar refractivity (Wildman–Crippen MR) is 47.4 cm³/mol. The fourth-order valence-electron chi connectivity index (χ4n) is 2.45. The molecule has 0 aromatic rings. The lowest BCUT2D eigenvalue weighted by Crippen LogP contribution is -2.06. The van der Waals surface area contributed by atoms with E-state index in [0.717, 1.165) is 11.8 Å². The van der Waals surface area contributed by atoms with Gasteiger partial charge in [0.2, 0.25) is 0 Å². The van der Waals surface area contributed by atoms with Gasteiger partial charge in [0.1, 0.15) is 0 Å². The van der Waals surface area contributed by atoms with Crippen LogP contribution in [0.25, 0.3) is 0 Å². The van der Waals surface area contributed by atoms with Crippen molar-refractivity contribution in [1.29, 1.82) is 0 Å². The van der Waals surface area contributed by atoms with E-state index in [-0.39, 0.29) is 0 Å². The Hall–Kier alpha value is 0.350. The van der Waals surface area contributed by atoms with Crippen LogP contribution in [0.2, 0.25) is 0 Å². The number of hydrogen-bond acceptors (Lipinski definition) is 1. The van der Waals surface area contributed by atoms with Crippen LogP contribution in [-0.4, -0.2) is 11.5 Å². The molecule has 0 aromatic heterocycles. The Bertz CT molecular complexity index is 99.3. The normalized spacial score (nSPS) is 40.8. The van der Waals surface area contributed by atoms with Crippen LogP contribution in [0, 0.1) is 11.8 Å². The molecule has 2 atom stereocenters. The molecular weight excluding hydrogens is 140 g/mol. The topological polar surface area (TPSA) is 0 Å². The van der Waals surface area contributed by atoms with Crippen molar-refractivity contribution in [2.24, 2.45) is 11.8 Å². The van der Waals surface area contributed by atoms with Crippen molar-refractivity contribution in [2.45, 2.75) is 32.1 Å². The van der Waals surface area contributed by atoms with Crippen LogP contribution in [0.3, 0.4) is 0 Å². The Morgan fingerprint density at radius 2 is 1.40 bits per heavy atom. The highest BCUT2D eigenvalue weighted by Crippen LogP contribution is 2.39. The summed E-state index contributed by atoms with van der Waals surface area (Å²) in [7, 11) is 0. The average Bonchev–Trinajstić information content (AvgIpc) is 2.28. The SMILES string of the molecule is C1C[C@@H]2CCSCC[C@@H]2C1. The van der Waals surface area contributed by atoms with E-state index in [1.807, 2.05) is 0 Å². The maximum absolute atomic E-state index is 2.17. The Labute approximate surface area is 67.8 Å². The molecule has 58 valence electrons. The minimum absolute atomic E-state index is 1.13. The Kier molecular flexibility index (Phi) is 2.22. The van der Waals surface area contributed by atoms with Crippen molar-refractivity contribution < 1.29 is 0 Å². The maximum Gasteiger partial charge on any atom is -0.00648 e. The zero-order valence-corrected chi connectivity index (χ0v) is 7.33. The molecule has 10 heavy (non-hydrogen) atoms. The summed E-state index contributed by atoms with van der Waals surface area (Å²) in [5, 5.41) is 0. The molecule has 0 bridgehead atoms. The van der Waals surface area contributed by atoms with Crippen LogP contribution in [0.15, 0.2) is 0 Å². The van der Waals surface area contributed by atoms with E-state index >= 15 is 0 Å². The van der Waals surface area contributed by atoms with Gasteiger partial charge in [0.25, 0.3) is 0 Å². The van der Waals surface area contributed by atoms with Gasteiger partial charge in [-0.1, -0.05) is 19.3 Å². The van der Waals surface area contributed by atoms with Gasteiger partial charge in [0, 0.05) is 0 Å². The second-order valence-electron chi connectivity index (χ2n) is 3.64. The monoisotopic (exact) mass is 156 g/mol. The summed E-state index contributed by atoms with van der Waals surface area (Å²) in [5.41, 5.74) is 0. The Morgan fingerprint density at radius 1 is 0.800 bits per heavy atom. The molecule has 0 unspecified atom stereocenters. The molecule has 1 saturated carbocycles. The molecule has 1 aliphatic carbocycles. The van der Waals surface area contributed by atoms with Crippen LogP contribution >= 0.6 is 11.8 Å². The molecule has 0 spiro atoms. The summed E-state index contributed by atoms with van der Waals surface area (Å²) < 4.78 is 0. The van der Waals surface area contributed by atoms with Crippen molar-refractivity contribution in [2.75, 3.05) is 11.5 Å². The summed E-state index contributed by atoms with van der Waals surface area (Å²) >= 11 is 2.17. The van der Waals surface area contributed by atoms with Crippen molar-refractivity contribution in [1.82, 2.24) is 0 Å². The molecule has 1 heteroatoms. The summed E-state index contributed by atoms with van der Waals surface area (Å²) in [6, 6.07) is 0. The summed E-state index contributed by atoms with van der Waals surface area (Å²) in [4.78, 5) is 0. The Morgan fingerprint density at radius 3 is 2.00 bits per heavy atom. The molecule has 0 radical (unpaired) electrons. The first-order chi connectivity index (χ1) is 4.97. The van der Waals surface area contributed by atoms with Gasteiger partial charge in [-0.05, 0) is 36.2 Å². The van der Waals surface area contributed by atoms with Gasteiger partial charge >= 0.3 is 0 Å². The van der Waals surface area contributed by atoms with Crippen molar-refractivity contribution in [3.63, 3.8) is 0 Å². The molecule has 2 rings (SSSR count). The van der Waals surface area contributed by atoms with Crippen LogP contribution in [0.4, 0.5) is 0 Å². The number of hydrogen-bond donors (Lipinski definition) is 0. The highest BCUT2D eigenvalue weighted by atomic mass is 32.2. The number of rotatable bonds is 0. The van der Waals surface area contributed by atoms with Crippen LogP contribution in [0.1, 0.15) is 32.1 Å². The van der Waals surface area contributed by atoms with E-state index in [1.165, 1.54) is 30.8 Å². The largest absolute Gasteiger partial charge is 0.162 e. The molecule has 0 N–H and O–H groups in total. The van der Waals surface area contributed by atoms with E-state index in [1.54, 1.807) is 12.8 Å². The zero-order chi connectivity index (χ0) is 6.81. The van der Waals surface area contributed by atoms with Crippen molar-refractivity contribution >= 4 is 11.8 Å². The minimum Gasteiger partial charge on any atom is -0.162 e. The molecule has 0 amide bonds. The predicted octanol–water partition coefficient (Wildman–Crippen LogP) is 2.93. The summed E-state index contributed by atoms with van der Waals surface area (Å²) in [6.07, 6.45) is 7.67. The molecule has 1 heterocycles. The lowest BCUT2D eigenvalue weighted by atomic mass is 9.92. The van der Waals surface area contributed by atoms with Crippen LogP contribution in [0.5, 0.6) is 0 Å². The molecule has 2 fully saturated rings. The molecular formula is C9H16S. The molecule has 1 saturated heterocycles. The van der Waals surface area contributed by atoms with Crippen LogP contribution in [-0.2, 0) is 0 Å². The zero-order valence-electron chi connectivity index (χ0n) is 6.51. The summed E-state index contributed by atoms with van der Waals surface area (Å²) in [5.74, 6) is 5.16. The van der Waals surface area contributed by atoms with Gasteiger partial charge in [-0.2, -0.15) is 11.8 Å². The van der Waals surface area contributed by atoms with Gasteiger partial charge < -0.3 is 0 Å². The van der Waals surface area contributed by atoms with Gasteiger partial charge in [-0.25, -0.2) is 0 Å². The van der Waals surface area contributed by atoms with E-state index in [4.69, 9.17) is 0 Å². The minimum atomic E-state index is 1.13. The molecule has 2 aliphatic rings. The highest BCUT2D eigenvalue weighted by Gasteiger charge is 2.27. The first kappa shape index (κ1) is 7.02. The fourth-order valence-corrected chi connectivity index (χ4v) is 3.59. The molecule has 0 nitrogen and oxygen atoms in total. The third-order valence-electron chi connectivity index (χ3n) is 3.08. The lowest BCUT2D eigenvalue weighted by Gasteiger charge is -2.13. The number of thioether (sulfide) groups is 1. The smallest absolute Gasteiger partial charge is 0.00648 e. The Balaban J connectivity index is 1.95. The van der Waals surface area contributed by atoms with Crippen LogP contribution < -0.4 is 0 Å². The standard InChI is InChI=1S/C9H16S/c1-2-8-4-6-10-7-5-9(8)3-1/h8-9H,1-7H2/t8-,9+.